The molecule has 2 aliphatic rings. The van der Waals surface area contributed by atoms with Crippen molar-refractivity contribution in [3.05, 3.63) is 0 Å². The maximum absolute atomic E-state index is 3.69. The van der Waals surface area contributed by atoms with Crippen molar-refractivity contribution in [1.82, 2.24) is 15.1 Å². The molecular weight excluding hydrogens is 234 g/mol. The number of hydrogen-bond acceptors (Lipinski definition) is 3. The molecule has 112 valence electrons. The van der Waals surface area contributed by atoms with Crippen LogP contribution in [0.25, 0.3) is 0 Å². The average Bonchev–Trinajstić information content (AvgIpc) is 2.40. The zero-order valence-electron chi connectivity index (χ0n) is 13.2. The number of nitrogens with zero attached hydrogens (tertiary/aromatic N) is 2. The summed E-state index contributed by atoms with van der Waals surface area (Å²) in [5.41, 5.74) is 0. The molecular formula is C16H33N3. The molecule has 2 rings (SSSR count). The predicted molar refractivity (Wildman–Crippen MR) is 82.6 cm³/mol. The molecule has 0 radical (unpaired) electrons. The van der Waals surface area contributed by atoms with Crippen molar-refractivity contribution >= 4 is 0 Å². The van der Waals surface area contributed by atoms with Gasteiger partial charge in [-0.1, -0.05) is 20.3 Å². The molecule has 2 aliphatic heterocycles. The number of piperazine rings is 1. The standard InChI is InChI=1S/C16H33N3/c1-14(2)13-18-8-10-19(11-9-18)15(3)12-16-6-4-5-7-17-16/h14-17H,4-13H2,1-3H3. The van der Waals surface area contributed by atoms with E-state index in [9.17, 15) is 0 Å². The van der Waals surface area contributed by atoms with Gasteiger partial charge in [0.15, 0.2) is 0 Å². The van der Waals surface area contributed by atoms with E-state index in [0.717, 1.165) is 18.0 Å². The molecule has 1 N–H and O–H groups in total. The Balaban J connectivity index is 1.68. The SMILES string of the molecule is CC(C)CN1CCN(C(C)CC2CCCCN2)CC1. The number of nitrogens with one attached hydrogen (secondary N) is 1. The van der Waals surface area contributed by atoms with Crippen molar-refractivity contribution in [1.29, 1.82) is 0 Å². The number of rotatable bonds is 5. The topological polar surface area (TPSA) is 18.5 Å². The van der Waals surface area contributed by atoms with Gasteiger partial charge in [0.1, 0.15) is 0 Å². The second-order valence-electron chi connectivity index (χ2n) is 6.96. The molecule has 0 amide bonds. The summed E-state index contributed by atoms with van der Waals surface area (Å²) in [4.78, 5) is 5.33. The molecule has 0 spiro atoms. The van der Waals surface area contributed by atoms with Gasteiger partial charge in [-0.15, -0.1) is 0 Å². The van der Waals surface area contributed by atoms with E-state index in [0.29, 0.717) is 0 Å². The fourth-order valence-corrected chi connectivity index (χ4v) is 3.59. The molecule has 0 bridgehead atoms. The van der Waals surface area contributed by atoms with Crippen LogP contribution in [0.2, 0.25) is 0 Å². The van der Waals surface area contributed by atoms with Gasteiger partial charge in [0.25, 0.3) is 0 Å². The van der Waals surface area contributed by atoms with Crippen LogP contribution < -0.4 is 5.32 Å². The summed E-state index contributed by atoms with van der Waals surface area (Å²) in [6, 6.07) is 1.52. The van der Waals surface area contributed by atoms with Crippen molar-refractivity contribution in [3.8, 4) is 0 Å². The number of piperidine rings is 1. The highest BCUT2D eigenvalue weighted by Crippen LogP contribution is 2.16. The van der Waals surface area contributed by atoms with E-state index in [4.69, 9.17) is 0 Å². The quantitative estimate of drug-likeness (QED) is 0.824. The molecule has 2 saturated heterocycles. The summed E-state index contributed by atoms with van der Waals surface area (Å²) in [5.74, 6) is 0.801. The Hall–Kier alpha value is -0.120. The van der Waals surface area contributed by atoms with E-state index in [2.05, 4.69) is 35.9 Å². The third-order valence-corrected chi connectivity index (χ3v) is 4.69. The average molecular weight is 267 g/mol. The minimum absolute atomic E-state index is 0.747. The Kier molecular flexibility index (Phi) is 6.11. The summed E-state index contributed by atoms with van der Waals surface area (Å²) >= 11 is 0. The lowest BCUT2D eigenvalue weighted by molar-refractivity contribution is 0.0859. The Labute approximate surface area is 119 Å². The van der Waals surface area contributed by atoms with Crippen LogP contribution in [0.5, 0.6) is 0 Å². The van der Waals surface area contributed by atoms with Crippen LogP contribution in [0.3, 0.4) is 0 Å². The molecule has 2 atom stereocenters. The van der Waals surface area contributed by atoms with E-state index in [1.807, 2.05) is 0 Å². The third kappa shape index (κ3) is 5.05. The van der Waals surface area contributed by atoms with E-state index in [1.165, 1.54) is 65.0 Å². The van der Waals surface area contributed by atoms with E-state index >= 15 is 0 Å². The first-order valence-electron chi connectivity index (χ1n) is 8.35. The van der Waals surface area contributed by atoms with Crippen molar-refractivity contribution < 1.29 is 0 Å². The predicted octanol–water partition coefficient (Wildman–Crippen LogP) is 2.18. The van der Waals surface area contributed by atoms with Gasteiger partial charge in [-0.05, 0) is 38.6 Å². The maximum Gasteiger partial charge on any atom is 0.0113 e. The van der Waals surface area contributed by atoms with Crippen LogP contribution in [-0.4, -0.2) is 61.2 Å². The Morgan fingerprint density at radius 3 is 2.37 bits per heavy atom. The Morgan fingerprint density at radius 2 is 1.79 bits per heavy atom. The van der Waals surface area contributed by atoms with E-state index in [-0.39, 0.29) is 0 Å². The van der Waals surface area contributed by atoms with Crippen molar-refractivity contribution in [2.75, 3.05) is 39.3 Å². The van der Waals surface area contributed by atoms with E-state index < -0.39 is 0 Å². The molecule has 0 aromatic rings. The van der Waals surface area contributed by atoms with Gasteiger partial charge in [0.2, 0.25) is 0 Å². The van der Waals surface area contributed by atoms with Crippen molar-refractivity contribution in [2.45, 2.75) is 58.5 Å². The number of hydrogen-bond donors (Lipinski definition) is 1. The van der Waals surface area contributed by atoms with Crippen LogP contribution in [0.15, 0.2) is 0 Å². The highest BCUT2D eigenvalue weighted by Gasteiger charge is 2.24. The van der Waals surface area contributed by atoms with Crippen LogP contribution in [-0.2, 0) is 0 Å². The van der Waals surface area contributed by atoms with Crippen LogP contribution >= 0.6 is 0 Å². The van der Waals surface area contributed by atoms with Gasteiger partial charge < -0.3 is 10.2 Å². The van der Waals surface area contributed by atoms with Gasteiger partial charge in [-0.2, -0.15) is 0 Å². The first-order chi connectivity index (χ1) is 9.15. The van der Waals surface area contributed by atoms with Crippen molar-refractivity contribution in [2.24, 2.45) is 5.92 Å². The summed E-state index contributed by atoms with van der Waals surface area (Å²) < 4.78 is 0. The maximum atomic E-state index is 3.69. The van der Waals surface area contributed by atoms with Gasteiger partial charge >= 0.3 is 0 Å². The van der Waals surface area contributed by atoms with Gasteiger partial charge in [-0.3, -0.25) is 4.90 Å². The highest BCUT2D eigenvalue weighted by atomic mass is 15.3. The first-order valence-corrected chi connectivity index (χ1v) is 8.35. The van der Waals surface area contributed by atoms with Gasteiger partial charge in [0.05, 0.1) is 0 Å². The molecule has 3 heteroatoms. The van der Waals surface area contributed by atoms with Crippen LogP contribution in [0, 0.1) is 5.92 Å². The molecule has 0 saturated carbocycles. The van der Waals surface area contributed by atoms with Crippen molar-refractivity contribution in [3.63, 3.8) is 0 Å². The largest absolute Gasteiger partial charge is 0.314 e. The fraction of sp³-hybridized carbons (Fsp3) is 1.00. The first kappa shape index (κ1) is 15.3. The molecule has 3 nitrogen and oxygen atoms in total. The van der Waals surface area contributed by atoms with Crippen LogP contribution in [0.4, 0.5) is 0 Å². The van der Waals surface area contributed by atoms with Gasteiger partial charge in [-0.25, -0.2) is 0 Å². The smallest absolute Gasteiger partial charge is 0.0113 e. The zero-order chi connectivity index (χ0) is 13.7. The lowest BCUT2D eigenvalue weighted by atomic mass is 9.98. The Morgan fingerprint density at radius 1 is 1.05 bits per heavy atom. The molecule has 19 heavy (non-hydrogen) atoms. The molecule has 0 aliphatic carbocycles. The summed E-state index contributed by atoms with van der Waals surface area (Å²) in [7, 11) is 0. The lowest BCUT2D eigenvalue weighted by Gasteiger charge is -2.40. The second-order valence-corrected chi connectivity index (χ2v) is 6.96. The minimum Gasteiger partial charge on any atom is -0.314 e. The fourth-order valence-electron chi connectivity index (χ4n) is 3.59. The molecule has 0 aromatic heterocycles. The summed E-state index contributed by atoms with van der Waals surface area (Å²) in [6.07, 6.45) is 5.52. The molecule has 0 aromatic carbocycles. The lowest BCUT2D eigenvalue weighted by Crippen LogP contribution is -2.51. The van der Waals surface area contributed by atoms with E-state index in [1.54, 1.807) is 0 Å². The van der Waals surface area contributed by atoms with Gasteiger partial charge in [0, 0.05) is 44.8 Å². The normalized spacial score (nSPS) is 28.7. The van der Waals surface area contributed by atoms with Crippen LogP contribution in [0.1, 0.15) is 46.5 Å². The molecule has 2 heterocycles. The summed E-state index contributed by atoms with van der Waals surface area (Å²) in [6.45, 7) is 14.6. The molecule has 2 fully saturated rings. The zero-order valence-corrected chi connectivity index (χ0v) is 13.2. The summed E-state index contributed by atoms with van der Waals surface area (Å²) in [5, 5.41) is 3.69. The highest BCUT2D eigenvalue weighted by molar-refractivity contribution is 4.82. The Bertz CT molecular complexity index is 240. The molecule has 2 unspecified atom stereocenters. The second kappa shape index (κ2) is 7.61. The minimum atomic E-state index is 0.747. The monoisotopic (exact) mass is 267 g/mol. The third-order valence-electron chi connectivity index (χ3n) is 4.69.